The van der Waals surface area contributed by atoms with Gasteiger partial charge in [0.2, 0.25) is 11.8 Å². The van der Waals surface area contributed by atoms with Gasteiger partial charge in [-0.15, -0.1) is 0 Å². The lowest BCUT2D eigenvalue weighted by Crippen LogP contribution is -2.41. The maximum Gasteiger partial charge on any atom is 0.223 e. The molecule has 0 aromatic rings. The molecule has 1 unspecified atom stereocenters. The molecule has 0 spiro atoms. The van der Waals surface area contributed by atoms with Crippen molar-refractivity contribution in [3.05, 3.63) is 0 Å². The van der Waals surface area contributed by atoms with Gasteiger partial charge in [0.1, 0.15) is 0 Å². The van der Waals surface area contributed by atoms with Crippen LogP contribution in [0, 0.1) is 17.8 Å². The van der Waals surface area contributed by atoms with E-state index < -0.39 is 0 Å². The molecule has 2 aliphatic carbocycles. The lowest BCUT2D eigenvalue weighted by atomic mass is 9.84. The molecule has 3 rings (SSSR count). The fourth-order valence-corrected chi connectivity index (χ4v) is 4.94. The highest BCUT2D eigenvalue weighted by Crippen LogP contribution is 2.27. The topological polar surface area (TPSA) is 70.2 Å². The van der Waals surface area contributed by atoms with E-state index in [1.54, 1.807) is 0 Å². The van der Waals surface area contributed by atoms with Gasteiger partial charge in [-0.1, -0.05) is 19.3 Å². The van der Waals surface area contributed by atoms with Gasteiger partial charge >= 0.3 is 0 Å². The molecule has 3 aliphatic rings. The zero-order valence-corrected chi connectivity index (χ0v) is 16.2. The maximum absolute atomic E-state index is 12.3. The molecule has 0 radical (unpaired) electrons. The largest absolute Gasteiger partial charge is 0.356 e. The quantitative estimate of drug-likeness (QED) is 0.651. The smallest absolute Gasteiger partial charge is 0.223 e. The molecule has 0 bridgehead atoms. The predicted molar refractivity (Wildman–Crippen MR) is 104 cm³/mol. The monoisotopic (exact) mass is 363 g/mol. The summed E-state index contributed by atoms with van der Waals surface area (Å²) in [5.41, 5.74) is 0. The van der Waals surface area contributed by atoms with Crippen molar-refractivity contribution in [2.45, 2.75) is 83.1 Å². The van der Waals surface area contributed by atoms with E-state index in [9.17, 15) is 9.59 Å². The zero-order valence-electron chi connectivity index (χ0n) is 16.2. The first-order chi connectivity index (χ1) is 12.7. The number of hydrogen-bond donors (Lipinski definition) is 3. The fraction of sp³-hybridized carbons (Fsp3) is 0.905. The molecule has 5 nitrogen and oxygen atoms in total. The van der Waals surface area contributed by atoms with E-state index in [0.29, 0.717) is 12.3 Å². The third-order valence-electron chi connectivity index (χ3n) is 6.68. The Morgan fingerprint density at radius 3 is 2.35 bits per heavy atom. The van der Waals surface area contributed by atoms with Crippen LogP contribution in [-0.4, -0.2) is 37.5 Å². The maximum atomic E-state index is 12.3. The van der Waals surface area contributed by atoms with Crippen LogP contribution in [0.3, 0.4) is 0 Å². The van der Waals surface area contributed by atoms with E-state index in [-0.39, 0.29) is 23.8 Å². The molecule has 148 valence electrons. The van der Waals surface area contributed by atoms with Crippen LogP contribution < -0.4 is 16.0 Å². The Balaban J connectivity index is 1.28. The summed E-state index contributed by atoms with van der Waals surface area (Å²) in [6.45, 7) is 3.03. The summed E-state index contributed by atoms with van der Waals surface area (Å²) in [7, 11) is 0. The Morgan fingerprint density at radius 1 is 0.885 bits per heavy atom. The van der Waals surface area contributed by atoms with E-state index in [0.717, 1.165) is 57.7 Å². The Bertz CT molecular complexity index is 448. The first-order valence-electron chi connectivity index (χ1n) is 11.0. The molecule has 1 atom stereocenters. The third kappa shape index (κ3) is 6.26. The Labute approximate surface area is 158 Å². The summed E-state index contributed by atoms with van der Waals surface area (Å²) in [5, 5.41) is 9.74. The van der Waals surface area contributed by atoms with Gasteiger partial charge in [-0.05, 0) is 76.3 Å². The molecule has 2 saturated carbocycles. The molecule has 1 aliphatic heterocycles. The van der Waals surface area contributed by atoms with Gasteiger partial charge in [0.05, 0.1) is 0 Å². The fourth-order valence-electron chi connectivity index (χ4n) is 4.94. The Hall–Kier alpha value is -1.10. The summed E-state index contributed by atoms with van der Waals surface area (Å²) < 4.78 is 0. The lowest BCUT2D eigenvalue weighted by molar-refractivity contribution is -0.126. The number of carbonyl (C=O) groups excluding carboxylic acids is 2. The number of rotatable bonds is 7. The van der Waals surface area contributed by atoms with Gasteiger partial charge in [0.15, 0.2) is 0 Å². The molecule has 3 N–H and O–H groups in total. The number of nitrogens with one attached hydrogen (secondary N) is 3. The first kappa shape index (κ1) is 19.7. The third-order valence-corrected chi connectivity index (χ3v) is 6.68. The molecule has 0 aromatic heterocycles. The van der Waals surface area contributed by atoms with Crippen molar-refractivity contribution in [2.75, 3.05) is 19.6 Å². The highest BCUT2D eigenvalue weighted by atomic mass is 16.2. The van der Waals surface area contributed by atoms with E-state index >= 15 is 0 Å². The van der Waals surface area contributed by atoms with Crippen LogP contribution in [0.25, 0.3) is 0 Å². The highest BCUT2D eigenvalue weighted by molar-refractivity contribution is 5.79. The summed E-state index contributed by atoms with van der Waals surface area (Å²) in [6.07, 6.45) is 13.1. The minimum atomic E-state index is 0.142. The molecule has 5 heteroatoms. The summed E-state index contributed by atoms with van der Waals surface area (Å²) >= 11 is 0. The van der Waals surface area contributed by atoms with Crippen LogP contribution in [0.5, 0.6) is 0 Å². The average Bonchev–Trinajstić information content (AvgIpc) is 3.16. The molecular formula is C21H37N3O2. The van der Waals surface area contributed by atoms with Crippen molar-refractivity contribution < 1.29 is 9.59 Å². The Morgan fingerprint density at radius 2 is 1.65 bits per heavy atom. The molecule has 1 saturated heterocycles. The van der Waals surface area contributed by atoms with Gasteiger partial charge in [-0.3, -0.25) is 9.59 Å². The van der Waals surface area contributed by atoms with Crippen molar-refractivity contribution in [1.82, 2.24) is 16.0 Å². The normalized spacial score (nSPS) is 30.1. The second kappa shape index (κ2) is 10.3. The van der Waals surface area contributed by atoms with Gasteiger partial charge in [-0.25, -0.2) is 0 Å². The van der Waals surface area contributed by atoms with Gasteiger partial charge < -0.3 is 16.0 Å². The van der Waals surface area contributed by atoms with E-state index in [2.05, 4.69) is 16.0 Å². The van der Waals surface area contributed by atoms with Gasteiger partial charge in [0, 0.05) is 24.9 Å². The molecule has 26 heavy (non-hydrogen) atoms. The standard InChI is InChI=1S/C21H37N3O2/c25-20(14-16-4-2-1-3-5-16)24-19-8-6-18(7-9-19)21(26)23-13-11-17-10-12-22-15-17/h16-19,22H,1-15H2,(H,23,26)(H,24,25). The number of amides is 2. The molecule has 0 aromatic carbocycles. The van der Waals surface area contributed by atoms with Crippen LogP contribution in [0.2, 0.25) is 0 Å². The van der Waals surface area contributed by atoms with Crippen molar-refractivity contribution in [3.63, 3.8) is 0 Å². The number of carbonyl (C=O) groups is 2. The van der Waals surface area contributed by atoms with Crippen LogP contribution in [0.1, 0.15) is 77.0 Å². The second-order valence-electron chi connectivity index (χ2n) is 8.76. The first-order valence-corrected chi connectivity index (χ1v) is 11.0. The minimum Gasteiger partial charge on any atom is -0.356 e. The van der Waals surface area contributed by atoms with E-state index in [4.69, 9.17) is 0 Å². The van der Waals surface area contributed by atoms with Crippen molar-refractivity contribution in [1.29, 1.82) is 0 Å². The summed E-state index contributed by atoms with van der Waals surface area (Å²) in [6, 6.07) is 0.278. The van der Waals surface area contributed by atoms with Gasteiger partial charge in [0.25, 0.3) is 0 Å². The molecule has 3 fully saturated rings. The predicted octanol–water partition coefficient (Wildman–Crippen LogP) is 2.75. The molecular weight excluding hydrogens is 326 g/mol. The minimum absolute atomic E-state index is 0.142. The highest BCUT2D eigenvalue weighted by Gasteiger charge is 2.27. The van der Waals surface area contributed by atoms with Crippen LogP contribution in [0.4, 0.5) is 0 Å². The number of hydrogen-bond acceptors (Lipinski definition) is 3. The zero-order chi connectivity index (χ0) is 18.2. The SMILES string of the molecule is O=C(CC1CCCCC1)NC1CCC(C(=O)NCCC2CCNC2)CC1. The van der Waals surface area contributed by atoms with E-state index in [1.165, 1.54) is 38.5 Å². The van der Waals surface area contributed by atoms with Gasteiger partial charge in [-0.2, -0.15) is 0 Å². The Kier molecular flexibility index (Phi) is 7.78. The average molecular weight is 364 g/mol. The molecule has 1 heterocycles. The summed E-state index contributed by atoms with van der Waals surface area (Å²) in [5.74, 6) is 1.92. The van der Waals surface area contributed by atoms with Crippen molar-refractivity contribution >= 4 is 11.8 Å². The van der Waals surface area contributed by atoms with E-state index in [1.807, 2.05) is 0 Å². The van der Waals surface area contributed by atoms with Crippen LogP contribution in [0.15, 0.2) is 0 Å². The van der Waals surface area contributed by atoms with Crippen molar-refractivity contribution in [3.8, 4) is 0 Å². The van der Waals surface area contributed by atoms with Crippen molar-refractivity contribution in [2.24, 2.45) is 17.8 Å². The van der Waals surface area contributed by atoms with Crippen LogP contribution >= 0.6 is 0 Å². The van der Waals surface area contributed by atoms with Crippen LogP contribution in [-0.2, 0) is 9.59 Å². The second-order valence-corrected chi connectivity index (χ2v) is 8.76. The summed E-state index contributed by atoms with van der Waals surface area (Å²) in [4.78, 5) is 24.6. The molecule has 2 amide bonds. The lowest BCUT2D eigenvalue weighted by Gasteiger charge is -2.29.